The number of benzene rings is 1. The van der Waals surface area contributed by atoms with Crippen LogP contribution in [0, 0.1) is 13.8 Å². The average molecular weight is 440 g/mol. The van der Waals surface area contributed by atoms with Crippen LogP contribution in [0.4, 0.5) is 0 Å². The number of nitrogens with two attached hydrogens (primary N) is 1. The molecule has 1 aromatic heterocycles. The third kappa shape index (κ3) is 5.67. The fourth-order valence-corrected chi connectivity index (χ4v) is 2.43. The number of halogens is 1. The van der Waals surface area contributed by atoms with E-state index in [-0.39, 0.29) is 24.0 Å². The maximum atomic E-state index is 5.92. The predicted molar refractivity (Wildman–Crippen MR) is 109 cm³/mol. The van der Waals surface area contributed by atoms with E-state index in [9.17, 15) is 0 Å². The van der Waals surface area contributed by atoms with Crippen LogP contribution in [-0.4, -0.2) is 24.6 Å². The van der Waals surface area contributed by atoms with Gasteiger partial charge in [0.15, 0.2) is 5.96 Å². The van der Waals surface area contributed by atoms with E-state index < -0.39 is 0 Å². The van der Waals surface area contributed by atoms with E-state index in [0.29, 0.717) is 12.5 Å². The number of nitrogens with zero attached hydrogens (tertiary/aromatic N) is 2. The Kier molecular flexibility index (Phi) is 8.53. The van der Waals surface area contributed by atoms with E-state index in [1.165, 1.54) is 5.56 Å². The summed E-state index contributed by atoms with van der Waals surface area (Å²) >= 11 is 0. The minimum absolute atomic E-state index is 0. The topological polar surface area (TPSA) is 72.5 Å². The van der Waals surface area contributed by atoms with Crippen LogP contribution in [0.3, 0.4) is 0 Å². The zero-order chi connectivity index (χ0) is 16.7. The monoisotopic (exact) mass is 440 g/mol. The van der Waals surface area contributed by atoms with Crippen molar-refractivity contribution in [1.29, 1.82) is 0 Å². The lowest BCUT2D eigenvalue weighted by Gasteiger charge is -2.11. The normalized spacial score (nSPS) is 10.9. The smallest absolute Gasteiger partial charge is 0.188 e. The van der Waals surface area contributed by atoms with Gasteiger partial charge in [0.25, 0.3) is 0 Å². The molecule has 2 aromatic rings. The predicted octanol–water partition coefficient (Wildman–Crippen LogP) is 2.97. The molecule has 0 saturated carbocycles. The zero-order valence-electron chi connectivity index (χ0n) is 14.4. The third-order valence-corrected chi connectivity index (χ3v) is 3.71. The van der Waals surface area contributed by atoms with Gasteiger partial charge in [0, 0.05) is 23.9 Å². The van der Waals surface area contributed by atoms with Crippen LogP contribution in [0.25, 0.3) is 0 Å². The van der Waals surface area contributed by atoms with Crippen LogP contribution in [0.15, 0.2) is 41.5 Å². The standard InChI is InChI=1S/C18H24N4O.HI/c1-13-11-21-16(14(2)17(13)23-3)12-22-18(19)20-10-9-15-7-5-4-6-8-15;/h4-8,11H,9-10,12H2,1-3H3,(H3,19,20,22);1H. The molecule has 0 spiro atoms. The van der Waals surface area contributed by atoms with Gasteiger partial charge < -0.3 is 15.8 Å². The van der Waals surface area contributed by atoms with Crippen molar-refractivity contribution in [3.05, 3.63) is 58.9 Å². The number of rotatable bonds is 6. The molecule has 0 aliphatic carbocycles. The minimum atomic E-state index is 0. The molecule has 0 aliphatic heterocycles. The number of aryl methyl sites for hydroxylation is 1. The Morgan fingerprint density at radius 1 is 1.25 bits per heavy atom. The molecule has 0 saturated heterocycles. The van der Waals surface area contributed by atoms with E-state index in [2.05, 4.69) is 27.4 Å². The van der Waals surface area contributed by atoms with Crippen LogP contribution >= 0.6 is 24.0 Å². The number of guanidine groups is 1. The second-order valence-electron chi connectivity index (χ2n) is 5.41. The van der Waals surface area contributed by atoms with Gasteiger partial charge >= 0.3 is 0 Å². The molecule has 24 heavy (non-hydrogen) atoms. The summed E-state index contributed by atoms with van der Waals surface area (Å²) in [5.74, 6) is 1.29. The lowest BCUT2D eigenvalue weighted by atomic mass is 10.1. The first-order valence-corrected chi connectivity index (χ1v) is 7.68. The van der Waals surface area contributed by atoms with E-state index in [1.54, 1.807) is 13.3 Å². The zero-order valence-corrected chi connectivity index (χ0v) is 16.7. The van der Waals surface area contributed by atoms with Gasteiger partial charge in [0.05, 0.1) is 19.3 Å². The Labute approximate surface area is 160 Å². The van der Waals surface area contributed by atoms with Crippen LogP contribution < -0.4 is 15.8 Å². The third-order valence-electron chi connectivity index (χ3n) is 3.71. The lowest BCUT2D eigenvalue weighted by molar-refractivity contribution is 0.407. The SMILES string of the molecule is COc1c(C)cnc(CN=C(N)NCCc2ccccc2)c1C.I. The maximum Gasteiger partial charge on any atom is 0.188 e. The van der Waals surface area contributed by atoms with Gasteiger partial charge in [-0.25, -0.2) is 4.99 Å². The van der Waals surface area contributed by atoms with Crippen molar-refractivity contribution in [3.63, 3.8) is 0 Å². The fourth-order valence-electron chi connectivity index (χ4n) is 2.43. The van der Waals surface area contributed by atoms with E-state index >= 15 is 0 Å². The number of aromatic nitrogens is 1. The summed E-state index contributed by atoms with van der Waals surface area (Å²) < 4.78 is 5.40. The Hall–Kier alpha value is -1.83. The highest BCUT2D eigenvalue weighted by Crippen LogP contribution is 2.24. The number of hydrogen-bond donors (Lipinski definition) is 2. The molecular formula is C18H25IN4O. The second-order valence-corrected chi connectivity index (χ2v) is 5.41. The van der Waals surface area contributed by atoms with Gasteiger partial charge in [-0.1, -0.05) is 30.3 Å². The van der Waals surface area contributed by atoms with Crippen molar-refractivity contribution < 1.29 is 4.74 Å². The first kappa shape index (κ1) is 20.2. The summed E-state index contributed by atoms with van der Waals surface area (Å²) in [5, 5.41) is 3.13. The molecule has 5 nitrogen and oxygen atoms in total. The minimum Gasteiger partial charge on any atom is -0.496 e. The molecule has 1 aromatic carbocycles. The van der Waals surface area contributed by atoms with Crippen molar-refractivity contribution >= 4 is 29.9 Å². The van der Waals surface area contributed by atoms with Crippen LogP contribution in [0.5, 0.6) is 5.75 Å². The van der Waals surface area contributed by atoms with E-state index in [4.69, 9.17) is 10.5 Å². The summed E-state index contributed by atoms with van der Waals surface area (Å²) in [5.41, 5.74) is 10.1. The Balaban J connectivity index is 0.00000288. The van der Waals surface area contributed by atoms with Crippen molar-refractivity contribution in [2.45, 2.75) is 26.8 Å². The molecule has 130 valence electrons. The molecule has 0 fully saturated rings. The van der Waals surface area contributed by atoms with Crippen molar-refractivity contribution in [3.8, 4) is 5.75 Å². The molecule has 0 aliphatic rings. The number of methoxy groups -OCH3 is 1. The molecule has 0 atom stereocenters. The Morgan fingerprint density at radius 2 is 1.96 bits per heavy atom. The number of hydrogen-bond acceptors (Lipinski definition) is 3. The number of pyridine rings is 1. The number of aliphatic imine (C=N–C) groups is 1. The first-order chi connectivity index (χ1) is 11.1. The highest BCUT2D eigenvalue weighted by molar-refractivity contribution is 14.0. The molecule has 0 radical (unpaired) electrons. The van der Waals surface area contributed by atoms with Crippen molar-refractivity contribution in [2.75, 3.05) is 13.7 Å². The Morgan fingerprint density at radius 3 is 2.62 bits per heavy atom. The summed E-state index contributed by atoms with van der Waals surface area (Å²) in [4.78, 5) is 8.77. The number of nitrogens with one attached hydrogen (secondary N) is 1. The highest BCUT2D eigenvalue weighted by Gasteiger charge is 2.08. The molecule has 0 bridgehead atoms. The second kappa shape index (κ2) is 10.1. The van der Waals surface area contributed by atoms with Crippen molar-refractivity contribution in [1.82, 2.24) is 10.3 Å². The fraction of sp³-hybridized carbons (Fsp3) is 0.333. The number of ether oxygens (including phenoxy) is 1. The quantitative estimate of drug-likeness (QED) is 0.412. The molecule has 0 amide bonds. The summed E-state index contributed by atoms with van der Waals surface area (Å²) in [6, 6.07) is 10.3. The molecule has 2 rings (SSSR count). The van der Waals surface area contributed by atoms with Gasteiger partial charge in [-0.3, -0.25) is 4.98 Å². The van der Waals surface area contributed by atoms with Gasteiger partial charge in [-0.2, -0.15) is 0 Å². The van der Waals surface area contributed by atoms with E-state index in [0.717, 1.165) is 35.5 Å². The largest absolute Gasteiger partial charge is 0.496 e. The van der Waals surface area contributed by atoms with Gasteiger partial charge in [-0.15, -0.1) is 24.0 Å². The van der Waals surface area contributed by atoms with Gasteiger partial charge in [0.2, 0.25) is 0 Å². The highest BCUT2D eigenvalue weighted by atomic mass is 127. The summed E-state index contributed by atoms with van der Waals surface area (Å²) in [7, 11) is 1.67. The molecule has 6 heteroatoms. The van der Waals surface area contributed by atoms with Gasteiger partial charge in [-0.05, 0) is 25.8 Å². The average Bonchev–Trinajstić information content (AvgIpc) is 2.55. The molecule has 0 unspecified atom stereocenters. The van der Waals surface area contributed by atoms with Crippen LogP contribution in [0.2, 0.25) is 0 Å². The Bertz CT molecular complexity index is 674. The van der Waals surface area contributed by atoms with Crippen molar-refractivity contribution in [2.24, 2.45) is 10.7 Å². The maximum absolute atomic E-state index is 5.92. The van der Waals surface area contributed by atoms with Crippen LogP contribution in [-0.2, 0) is 13.0 Å². The molecular weight excluding hydrogens is 415 g/mol. The van der Waals surface area contributed by atoms with Crippen LogP contribution in [0.1, 0.15) is 22.4 Å². The molecule has 1 heterocycles. The first-order valence-electron chi connectivity index (χ1n) is 7.68. The lowest BCUT2D eigenvalue weighted by Crippen LogP contribution is -2.33. The van der Waals surface area contributed by atoms with E-state index in [1.807, 2.05) is 32.0 Å². The van der Waals surface area contributed by atoms with Gasteiger partial charge in [0.1, 0.15) is 5.75 Å². The molecule has 3 N–H and O–H groups in total. The summed E-state index contributed by atoms with van der Waals surface area (Å²) in [6.07, 6.45) is 2.71. The summed E-state index contributed by atoms with van der Waals surface area (Å²) in [6.45, 7) is 5.16.